The fraction of sp³-hybridized carbons (Fsp3) is 0.190. The van der Waals surface area contributed by atoms with E-state index in [1.807, 2.05) is 0 Å². The van der Waals surface area contributed by atoms with Gasteiger partial charge in [-0.05, 0) is 60.4 Å². The van der Waals surface area contributed by atoms with Crippen molar-refractivity contribution in [2.45, 2.75) is 25.3 Å². The molecule has 160 valence electrons. The minimum atomic E-state index is -1.59. The van der Waals surface area contributed by atoms with Crippen LogP contribution < -0.4 is 15.8 Å². The third-order valence-corrected chi connectivity index (χ3v) is 4.81. The van der Waals surface area contributed by atoms with Crippen molar-refractivity contribution >= 4 is 29.7 Å². The molecule has 0 unspecified atom stereocenters. The van der Waals surface area contributed by atoms with Crippen LogP contribution in [0.15, 0.2) is 36.4 Å². The van der Waals surface area contributed by atoms with Gasteiger partial charge in [-0.3, -0.25) is 15.0 Å². The number of amidine groups is 1. The molecule has 1 aliphatic heterocycles. The van der Waals surface area contributed by atoms with E-state index in [1.165, 1.54) is 18.2 Å². The molecule has 0 aliphatic carbocycles. The Bertz CT molecular complexity index is 1110. The summed E-state index contributed by atoms with van der Waals surface area (Å²) in [6, 6.07) is 7.44. The zero-order valence-electron chi connectivity index (χ0n) is 16.2. The fourth-order valence-electron chi connectivity index (χ4n) is 3.22. The molecule has 2 aromatic rings. The molecule has 0 saturated heterocycles. The minimum absolute atomic E-state index is 0.0847. The van der Waals surface area contributed by atoms with Gasteiger partial charge in [-0.15, -0.1) is 0 Å². The quantitative estimate of drug-likeness (QED) is 0.196. The number of nitrogens with two attached hydrogens (primary N) is 1. The highest BCUT2D eigenvalue weighted by Crippen LogP contribution is 2.27. The zero-order valence-corrected chi connectivity index (χ0v) is 16.2. The Balaban J connectivity index is 1.86. The molecule has 0 spiro atoms. The predicted octanol–water partition coefficient (Wildman–Crippen LogP) is 0.946. The standard InChI is InChI=1S/C21H19N3O7/c22-18(23)12-4-6-16-11(8-12)2-1-10-7-13(3-5-14(10)21(30)31-16)19(27)24-15(20(28)29)9-17(25)26/h3-8,15H,1-2,9H2,(H3,22,23)(H,24,27)(H,25,26)(H,28,29)/t15-/m0/s1. The largest absolute Gasteiger partial charge is 0.481 e. The molecule has 0 radical (unpaired) electrons. The summed E-state index contributed by atoms with van der Waals surface area (Å²) in [7, 11) is 0. The second kappa shape index (κ2) is 8.66. The van der Waals surface area contributed by atoms with Crippen molar-refractivity contribution in [3.05, 3.63) is 64.2 Å². The lowest BCUT2D eigenvalue weighted by molar-refractivity contribution is -0.145. The van der Waals surface area contributed by atoms with Crippen molar-refractivity contribution in [2.75, 3.05) is 0 Å². The maximum absolute atomic E-state index is 12.6. The number of carbonyl (C=O) groups is 4. The smallest absolute Gasteiger partial charge is 0.343 e. The topological polar surface area (TPSA) is 180 Å². The fourth-order valence-corrected chi connectivity index (χ4v) is 3.22. The molecule has 1 heterocycles. The number of ether oxygens (including phenoxy) is 1. The second-order valence-corrected chi connectivity index (χ2v) is 6.96. The highest BCUT2D eigenvalue weighted by atomic mass is 16.5. The van der Waals surface area contributed by atoms with Crippen molar-refractivity contribution in [3.63, 3.8) is 0 Å². The number of carboxylic acid groups (broad SMARTS) is 2. The van der Waals surface area contributed by atoms with Crippen molar-refractivity contribution in [3.8, 4) is 5.75 Å². The Labute approximate surface area is 176 Å². The average molecular weight is 425 g/mol. The molecule has 0 aromatic heterocycles. The Morgan fingerprint density at radius 3 is 2.35 bits per heavy atom. The Hall–Kier alpha value is -4.21. The van der Waals surface area contributed by atoms with E-state index in [0.717, 1.165) is 0 Å². The predicted molar refractivity (Wildman–Crippen MR) is 107 cm³/mol. The Morgan fingerprint density at radius 2 is 1.71 bits per heavy atom. The summed E-state index contributed by atoms with van der Waals surface area (Å²) in [6.45, 7) is 0. The third-order valence-electron chi connectivity index (χ3n) is 4.81. The summed E-state index contributed by atoms with van der Waals surface area (Å²) < 4.78 is 5.44. The number of hydrogen-bond donors (Lipinski definition) is 5. The first-order valence-electron chi connectivity index (χ1n) is 9.23. The number of fused-ring (bicyclic) bond motifs is 2. The van der Waals surface area contributed by atoms with Gasteiger partial charge in [-0.1, -0.05) is 0 Å². The average Bonchev–Trinajstić information content (AvgIpc) is 2.70. The summed E-state index contributed by atoms with van der Waals surface area (Å²) in [4.78, 5) is 47.0. The zero-order chi connectivity index (χ0) is 22.7. The van der Waals surface area contributed by atoms with E-state index in [2.05, 4.69) is 5.32 Å². The van der Waals surface area contributed by atoms with Crippen molar-refractivity contribution in [2.24, 2.45) is 5.73 Å². The lowest BCUT2D eigenvalue weighted by Gasteiger charge is -2.18. The first-order valence-corrected chi connectivity index (χ1v) is 9.23. The lowest BCUT2D eigenvalue weighted by Crippen LogP contribution is -2.42. The number of benzene rings is 2. The van der Waals surface area contributed by atoms with Crippen LogP contribution in [0.25, 0.3) is 0 Å². The summed E-state index contributed by atoms with van der Waals surface area (Å²) in [5.41, 5.74) is 7.54. The van der Waals surface area contributed by atoms with Crippen LogP contribution >= 0.6 is 0 Å². The molecule has 0 saturated carbocycles. The molecule has 6 N–H and O–H groups in total. The van der Waals surface area contributed by atoms with Crippen LogP contribution in [0.1, 0.15) is 43.8 Å². The monoisotopic (exact) mass is 425 g/mol. The molecule has 10 nitrogen and oxygen atoms in total. The summed E-state index contributed by atoms with van der Waals surface area (Å²) in [5.74, 6) is -3.98. The maximum Gasteiger partial charge on any atom is 0.343 e. The number of amides is 1. The highest BCUT2D eigenvalue weighted by Gasteiger charge is 2.25. The van der Waals surface area contributed by atoms with E-state index in [0.29, 0.717) is 35.3 Å². The highest BCUT2D eigenvalue weighted by molar-refractivity contribution is 6.00. The van der Waals surface area contributed by atoms with Crippen molar-refractivity contribution in [1.82, 2.24) is 5.32 Å². The van der Waals surface area contributed by atoms with Crippen LogP contribution in [-0.2, 0) is 22.4 Å². The molecular formula is C21H19N3O7. The summed E-state index contributed by atoms with van der Waals surface area (Å²) >= 11 is 0. The molecule has 10 heteroatoms. The van der Waals surface area contributed by atoms with Crippen molar-refractivity contribution in [1.29, 1.82) is 5.41 Å². The van der Waals surface area contributed by atoms with E-state index < -0.39 is 36.3 Å². The van der Waals surface area contributed by atoms with Crippen LogP contribution in [0.5, 0.6) is 5.75 Å². The van der Waals surface area contributed by atoms with Crippen LogP contribution in [0.4, 0.5) is 0 Å². The molecule has 3 rings (SSSR count). The lowest BCUT2D eigenvalue weighted by atomic mass is 9.95. The third kappa shape index (κ3) is 4.86. The number of hydrogen-bond acceptors (Lipinski definition) is 6. The number of rotatable bonds is 6. The van der Waals surface area contributed by atoms with Gasteiger partial charge in [-0.2, -0.15) is 0 Å². The van der Waals surface area contributed by atoms with Gasteiger partial charge in [0.15, 0.2) is 0 Å². The summed E-state index contributed by atoms with van der Waals surface area (Å²) in [6.07, 6.45) is 0.0452. The maximum atomic E-state index is 12.6. The van der Waals surface area contributed by atoms with E-state index in [1.54, 1.807) is 18.2 Å². The normalized spacial score (nSPS) is 13.5. The molecule has 1 atom stereocenters. The molecule has 0 bridgehead atoms. The molecular weight excluding hydrogens is 406 g/mol. The van der Waals surface area contributed by atoms with Gasteiger partial charge in [0.05, 0.1) is 12.0 Å². The van der Waals surface area contributed by atoms with Gasteiger partial charge in [0, 0.05) is 11.1 Å². The van der Waals surface area contributed by atoms with E-state index in [-0.39, 0.29) is 17.0 Å². The van der Waals surface area contributed by atoms with Gasteiger partial charge in [0.2, 0.25) is 0 Å². The number of aryl methyl sites for hydroxylation is 2. The molecule has 2 aromatic carbocycles. The van der Waals surface area contributed by atoms with Crippen molar-refractivity contribution < 1.29 is 34.1 Å². The van der Waals surface area contributed by atoms with Crippen LogP contribution in [-0.4, -0.2) is 45.9 Å². The van der Waals surface area contributed by atoms with Gasteiger partial charge < -0.3 is 26.0 Å². The van der Waals surface area contributed by atoms with Crippen LogP contribution in [0.3, 0.4) is 0 Å². The van der Waals surface area contributed by atoms with Crippen LogP contribution in [0, 0.1) is 5.41 Å². The number of carboxylic acids is 2. The van der Waals surface area contributed by atoms with Gasteiger partial charge in [0.25, 0.3) is 5.91 Å². The number of nitrogen functional groups attached to an aromatic ring is 1. The first kappa shape index (κ1) is 21.5. The number of esters is 1. The number of nitrogens with one attached hydrogen (secondary N) is 2. The Morgan fingerprint density at radius 1 is 1.06 bits per heavy atom. The minimum Gasteiger partial charge on any atom is -0.481 e. The molecule has 1 aliphatic rings. The van der Waals surface area contributed by atoms with Gasteiger partial charge in [0.1, 0.15) is 17.6 Å². The summed E-state index contributed by atoms with van der Waals surface area (Å²) in [5, 5.41) is 27.6. The molecule has 31 heavy (non-hydrogen) atoms. The second-order valence-electron chi connectivity index (χ2n) is 6.96. The van der Waals surface area contributed by atoms with Crippen LogP contribution in [0.2, 0.25) is 0 Å². The molecule has 1 amide bonds. The van der Waals surface area contributed by atoms with E-state index >= 15 is 0 Å². The van der Waals surface area contributed by atoms with Gasteiger partial charge in [-0.25, -0.2) is 9.59 Å². The van der Waals surface area contributed by atoms with E-state index in [4.69, 9.17) is 26.1 Å². The first-order chi connectivity index (χ1) is 14.7. The Kier molecular flexibility index (Phi) is 6.00. The SMILES string of the molecule is N=C(N)c1ccc2c(c1)CCc1cc(C(=O)N[C@@H](CC(=O)O)C(=O)O)ccc1C(=O)O2. The van der Waals surface area contributed by atoms with E-state index in [9.17, 15) is 19.2 Å². The molecule has 0 fully saturated rings. The number of aliphatic carboxylic acids is 2. The van der Waals surface area contributed by atoms with Gasteiger partial charge >= 0.3 is 17.9 Å². The number of carbonyl (C=O) groups excluding carboxylic acids is 2.